The Bertz CT molecular complexity index is 892. The highest BCUT2D eigenvalue weighted by atomic mass is 32.1. The molecule has 0 unspecified atom stereocenters. The molecule has 1 aromatic heterocycles. The van der Waals surface area contributed by atoms with E-state index < -0.39 is 17.7 Å². The molecule has 0 bridgehead atoms. The van der Waals surface area contributed by atoms with Gasteiger partial charge in [-0.1, -0.05) is 51.1 Å². The zero-order valence-electron chi connectivity index (χ0n) is 16.6. The summed E-state index contributed by atoms with van der Waals surface area (Å²) in [7, 11) is 1.55. The van der Waals surface area contributed by atoms with Gasteiger partial charge in [-0.15, -0.1) is 11.3 Å². The molecule has 0 saturated heterocycles. The normalized spacial score (nSPS) is 17.5. The quantitative estimate of drug-likeness (QED) is 0.737. The predicted octanol–water partition coefficient (Wildman–Crippen LogP) is 4.27. The Labute approximate surface area is 169 Å². The Morgan fingerprint density at radius 3 is 2.43 bits per heavy atom. The average molecular weight is 400 g/mol. The van der Waals surface area contributed by atoms with Gasteiger partial charge in [0.05, 0.1) is 23.1 Å². The lowest BCUT2D eigenvalue weighted by atomic mass is 9.85. The highest BCUT2D eigenvalue weighted by Crippen LogP contribution is 2.39. The van der Waals surface area contributed by atoms with Crippen molar-refractivity contribution in [1.82, 2.24) is 4.90 Å². The lowest BCUT2D eigenvalue weighted by Crippen LogP contribution is -2.34. The SMILES string of the molecule is COCCN1C(=O)C(O)=C(C(=O)c2cccs2)[C@H]1c1ccc(C(C)(C)C)cc1. The van der Waals surface area contributed by atoms with Crippen molar-refractivity contribution in [1.29, 1.82) is 0 Å². The van der Waals surface area contributed by atoms with Crippen LogP contribution in [0.3, 0.4) is 0 Å². The number of thiophene rings is 1. The first-order chi connectivity index (χ1) is 13.3. The third-order valence-electron chi connectivity index (χ3n) is 4.92. The van der Waals surface area contributed by atoms with Crippen molar-refractivity contribution in [2.24, 2.45) is 0 Å². The second-order valence-corrected chi connectivity index (χ2v) is 8.78. The van der Waals surface area contributed by atoms with Gasteiger partial charge in [-0.3, -0.25) is 9.59 Å². The first kappa shape index (κ1) is 20.3. The smallest absolute Gasteiger partial charge is 0.290 e. The number of methoxy groups -OCH3 is 1. The van der Waals surface area contributed by atoms with Crippen LogP contribution in [-0.2, 0) is 14.9 Å². The molecule has 1 aromatic carbocycles. The second-order valence-electron chi connectivity index (χ2n) is 7.83. The highest BCUT2D eigenvalue weighted by molar-refractivity contribution is 7.12. The first-order valence-corrected chi connectivity index (χ1v) is 10.1. The number of hydrogen-bond donors (Lipinski definition) is 1. The Balaban J connectivity index is 2.05. The molecule has 0 aliphatic carbocycles. The summed E-state index contributed by atoms with van der Waals surface area (Å²) < 4.78 is 5.13. The number of amides is 1. The molecule has 0 fully saturated rings. The lowest BCUT2D eigenvalue weighted by molar-refractivity contribution is -0.130. The zero-order chi connectivity index (χ0) is 20.5. The van der Waals surface area contributed by atoms with Gasteiger partial charge in [-0.25, -0.2) is 0 Å². The summed E-state index contributed by atoms with van der Waals surface area (Å²) in [6, 6.07) is 10.7. The van der Waals surface area contributed by atoms with E-state index in [9.17, 15) is 14.7 Å². The fraction of sp³-hybridized carbons (Fsp3) is 0.364. The van der Waals surface area contributed by atoms with Crippen molar-refractivity contribution in [3.8, 4) is 0 Å². The van der Waals surface area contributed by atoms with Crippen molar-refractivity contribution in [3.63, 3.8) is 0 Å². The number of carbonyl (C=O) groups is 2. The number of aliphatic hydroxyl groups is 1. The predicted molar refractivity (Wildman–Crippen MR) is 110 cm³/mol. The Morgan fingerprint density at radius 2 is 1.89 bits per heavy atom. The molecule has 1 atom stereocenters. The van der Waals surface area contributed by atoms with Crippen LogP contribution in [0.15, 0.2) is 53.1 Å². The molecular weight excluding hydrogens is 374 g/mol. The van der Waals surface area contributed by atoms with E-state index in [0.717, 1.165) is 11.1 Å². The molecule has 1 aliphatic rings. The summed E-state index contributed by atoms with van der Waals surface area (Å²) in [6.07, 6.45) is 0. The van der Waals surface area contributed by atoms with Gasteiger partial charge in [-0.05, 0) is 28.0 Å². The van der Waals surface area contributed by atoms with Crippen LogP contribution in [0, 0.1) is 0 Å². The number of Topliss-reactive ketones (excluding diaryl/α,β-unsaturated/α-hetero) is 1. The molecule has 28 heavy (non-hydrogen) atoms. The van der Waals surface area contributed by atoms with E-state index in [-0.39, 0.29) is 23.3 Å². The molecule has 0 radical (unpaired) electrons. The maximum absolute atomic E-state index is 13.1. The summed E-state index contributed by atoms with van der Waals surface area (Å²) in [5.74, 6) is -1.33. The third-order valence-corrected chi connectivity index (χ3v) is 5.79. The van der Waals surface area contributed by atoms with Crippen LogP contribution in [0.5, 0.6) is 0 Å². The molecule has 148 valence electrons. The first-order valence-electron chi connectivity index (χ1n) is 9.17. The van der Waals surface area contributed by atoms with E-state index in [0.29, 0.717) is 11.5 Å². The number of aliphatic hydroxyl groups excluding tert-OH is 1. The van der Waals surface area contributed by atoms with Crippen molar-refractivity contribution >= 4 is 23.0 Å². The van der Waals surface area contributed by atoms with Crippen molar-refractivity contribution < 1.29 is 19.4 Å². The average Bonchev–Trinajstić information content (AvgIpc) is 3.27. The van der Waals surface area contributed by atoms with Crippen LogP contribution in [-0.4, -0.2) is 42.0 Å². The van der Waals surface area contributed by atoms with Gasteiger partial charge in [0, 0.05) is 13.7 Å². The number of carbonyl (C=O) groups excluding carboxylic acids is 2. The highest BCUT2D eigenvalue weighted by Gasteiger charge is 2.43. The molecule has 1 amide bonds. The lowest BCUT2D eigenvalue weighted by Gasteiger charge is -2.27. The van der Waals surface area contributed by atoms with Crippen LogP contribution in [0.4, 0.5) is 0 Å². The van der Waals surface area contributed by atoms with E-state index in [1.54, 1.807) is 24.6 Å². The Kier molecular flexibility index (Phi) is 5.72. The van der Waals surface area contributed by atoms with Gasteiger partial charge in [0.25, 0.3) is 5.91 Å². The molecule has 6 heteroatoms. The Morgan fingerprint density at radius 1 is 1.21 bits per heavy atom. The summed E-state index contributed by atoms with van der Waals surface area (Å²) in [6.45, 7) is 6.98. The number of ether oxygens (including phenoxy) is 1. The molecule has 0 saturated carbocycles. The van der Waals surface area contributed by atoms with Crippen molar-refractivity contribution in [2.75, 3.05) is 20.3 Å². The summed E-state index contributed by atoms with van der Waals surface area (Å²) >= 11 is 1.29. The van der Waals surface area contributed by atoms with Gasteiger partial charge < -0.3 is 14.7 Å². The number of ketones is 1. The van der Waals surface area contributed by atoms with Gasteiger partial charge in [0.2, 0.25) is 5.78 Å². The minimum atomic E-state index is -0.633. The monoisotopic (exact) mass is 399 g/mol. The van der Waals surface area contributed by atoms with E-state index in [1.165, 1.54) is 16.2 Å². The van der Waals surface area contributed by atoms with E-state index >= 15 is 0 Å². The van der Waals surface area contributed by atoms with Crippen LogP contribution in [0.2, 0.25) is 0 Å². The van der Waals surface area contributed by atoms with Gasteiger partial charge in [-0.2, -0.15) is 0 Å². The molecule has 5 nitrogen and oxygen atoms in total. The Hall–Kier alpha value is -2.44. The van der Waals surface area contributed by atoms with Crippen LogP contribution < -0.4 is 0 Å². The topological polar surface area (TPSA) is 66.8 Å². The van der Waals surface area contributed by atoms with Crippen molar-refractivity contribution in [2.45, 2.75) is 32.2 Å². The second kappa shape index (κ2) is 7.89. The standard InChI is InChI=1S/C22H25NO4S/c1-22(2,3)15-9-7-14(8-10-15)18-17(19(24)16-6-5-13-28-16)20(25)21(26)23(18)11-12-27-4/h5-10,13,18,25H,11-12H2,1-4H3/t18-/m1/s1. The third kappa shape index (κ3) is 3.75. The molecule has 0 spiro atoms. The van der Waals surface area contributed by atoms with Crippen LogP contribution in [0.25, 0.3) is 0 Å². The van der Waals surface area contributed by atoms with E-state index in [1.807, 2.05) is 24.3 Å². The minimum Gasteiger partial charge on any atom is -0.503 e. The molecule has 1 N–H and O–H groups in total. The minimum absolute atomic E-state index is 0.00659. The number of hydrogen-bond acceptors (Lipinski definition) is 5. The number of rotatable bonds is 6. The summed E-state index contributed by atoms with van der Waals surface area (Å²) in [5, 5.41) is 12.3. The maximum Gasteiger partial charge on any atom is 0.290 e. The molecule has 1 aliphatic heterocycles. The van der Waals surface area contributed by atoms with Gasteiger partial charge in [0.1, 0.15) is 0 Å². The van der Waals surface area contributed by atoms with Gasteiger partial charge >= 0.3 is 0 Å². The fourth-order valence-corrected chi connectivity index (χ4v) is 4.04. The number of nitrogens with zero attached hydrogens (tertiary/aromatic N) is 1. The van der Waals surface area contributed by atoms with E-state index in [2.05, 4.69) is 20.8 Å². The van der Waals surface area contributed by atoms with Crippen LogP contribution in [0.1, 0.15) is 47.6 Å². The zero-order valence-corrected chi connectivity index (χ0v) is 17.4. The summed E-state index contributed by atoms with van der Waals surface area (Å²) in [5.41, 5.74) is 2.07. The molecule has 3 rings (SSSR count). The summed E-state index contributed by atoms with van der Waals surface area (Å²) in [4.78, 5) is 27.8. The maximum atomic E-state index is 13.1. The van der Waals surface area contributed by atoms with Gasteiger partial charge in [0.15, 0.2) is 5.76 Å². The van der Waals surface area contributed by atoms with Crippen LogP contribution >= 0.6 is 11.3 Å². The molecule has 2 aromatic rings. The largest absolute Gasteiger partial charge is 0.503 e. The van der Waals surface area contributed by atoms with Crippen molar-refractivity contribution in [3.05, 3.63) is 69.1 Å². The van der Waals surface area contributed by atoms with E-state index in [4.69, 9.17) is 4.74 Å². The molecule has 2 heterocycles. The number of benzene rings is 1. The fourth-order valence-electron chi connectivity index (χ4n) is 3.36. The molecular formula is C22H25NO4S.